The Morgan fingerprint density at radius 2 is 1.90 bits per heavy atom. The minimum absolute atomic E-state index is 0.0841. The van der Waals surface area contributed by atoms with Crippen molar-refractivity contribution >= 4 is 12.1 Å². The molecule has 0 spiro atoms. The maximum atomic E-state index is 11.9. The summed E-state index contributed by atoms with van der Waals surface area (Å²) < 4.78 is 0. The fourth-order valence-electron chi connectivity index (χ4n) is 1.77. The first-order valence-corrected chi connectivity index (χ1v) is 6.54. The number of hydrogen-bond donors (Lipinski definition) is 2. The smallest absolute Gasteiger partial charge is 0.271 e. The van der Waals surface area contributed by atoms with Gasteiger partial charge in [-0.1, -0.05) is 32.9 Å². The fraction of sp³-hybridized carbons (Fsp3) is 0.250. The van der Waals surface area contributed by atoms with E-state index in [-0.39, 0.29) is 11.3 Å². The zero-order valence-corrected chi connectivity index (χ0v) is 12.0. The SMILES string of the molecule is CC(C)(C)c1ccc(C(=O)N/N=C\c2ccc[nH]2)cc1. The summed E-state index contributed by atoms with van der Waals surface area (Å²) >= 11 is 0. The Morgan fingerprint density at radius 1 is 1.20 bits per heavy atom. The first-order chi connectivity index (χ1) is 9.47. The molecule has 20 heavy (non-hydrogen) atoms. The average molecular weight is 269 g/mol. The van der Waals surface area contributed by atoms with Gasteiger partial charge in [-0.05, 0) is 35.2 Å². The highest BCUT2D eigenvalue weighted by Gasteiger charge is 2.13. The normalized spacial score (nSPS) is 11.8. The third kappa shape index (κ3) is 3.57. The lowest BCUT2D eigenvalue weighted by atomic mass is 9.87. The van der Waals surface area contributed by atoms with E-state index in [2.05, 4.69) is 36.3 Å². The topological polar surface area (TPSA) is 57.2 Å². The summed E-state index contributed by atoms with van der Waals surface area (Å²) in [6, 6.07) is 11.3. The minimum Gasteiger partial charge on any atom is -0.360 e. The minimum atomic E-state index is -0.215. The van der Waals surface area contributed by atoms with Crippen molar-refractivity contribution in [3.63, 3.8) is 0 Å². The maximum Gasteiger partial charge on any atom is 0.271 e. The molecule has 0 bridgehead atoms. The van der Waals surface area contributed by atoms with Crippen LogP contribution in [0.2, 0.25) is 0 Å². The van der Waals surface area contributed by atoms with E-state index in [1.54, 1.807) is 12.4 Å². The number of hydrogen-bond acceptors (Lipinski definition) is 2. The second-order valence-corrected chi connectivity index (χ2v) is 5.65. The number of nitrogens with one attached hydrogen (secondary N) is 2. The van der Waals surface area contributed by atoms with Gasteiger partial charge in [0.25, 0.3) is 5.91 Å². The molecule has 2 rings (SSSR count). The van der Waals surface area contributed by atoms with Gasteiger partial charge in [-0.3, -0.25) is 4.79 Å². The highest BCUT2D eigenvalue weighted by Crippen LogP contribution is 2.22. The molecular weight excluding hydrogens is 250 g/mol. The van der Waals surface area contributed by atoms with Crippen LogP contribution in [-0.2, 0) is 5.41 Å². The number of nitrogens with zero attached hydrogens (tertiary/aromatic N) is 1. The summed E-state index contributed by atoms with van der Waals surface area (Å²) in [5, 5.41) is 3.91. The van der Waals surface area contributed by atoms with E-state index < -0.39 is 0 Å². The van der Waals surface area contributed by atoms with Crippen LogP contribution in [0.1, 0.15) is 42.4 Å². The number of aromatic amines is 1. The van der Waals surface area contributed by atoms with Gasteiger partial charge in [0.15, 0.2) is 0 Å². The molecule has 0 radical (unpaired) electrons. The molecule has 0 fully saturated rings. The highest BCUT2D eigenvalue weighted by atomic mass is 16.2. The van der Waals surface area contributed by atoms with Crippen molar-refractivity contribution in [2.75, 3.05) is 0 Å². The van der Waals surface area contributed by atoms with Gasteiger partial charge in [0, 0.05) is 11.8 Å². The van der Waals surface area contributed by atoms with E-state index in [1.165, 1.54) is 5.56 Å². The zero-order chi connectivity index (χ0) is 14.6. The number of carbonyl (C=O) groups excluding carboxylic acids is 1. The third-order valence-electron chi connectivity index (χ3n) is 3.00. The monoisotopic (exact) mass is 269 g/mol. The van der Waals surface area contributed by atoms with Crippen LogP contribution in [0.25, 0.3) is 0 Å². The van der Waals surface area contributed by atoms with Crippen LogP contribution >= 0.6 is 0 Å². The number of amides is 1. The number of aromatic nitrogens is 1. The van der Waals surface area contributed by atoms with E-state index in [0.29, 0.717) is 5.56 Å². The van der Waals surface area contributed by atoms with Gasteiger partial charge in [-0.2, -0.15) is 5.10 Å². The van der Waals surface area contributed by atoms with Crippen molar-refractivity contribution in [2.45, 2.75) is 26.2 Å². The van der Waals surface area contributed by atoms with Crippen LogP contribution in [0.4, 0.5) is 0 Å². The van der Waals surface area contributed by atoms with Gasteiger partial charge in [0.2, 0.25) is 0 Å². The Bertz CT molecular complexity index is 590. The summed E-state index contributed by atoms with van der Waals surface area (Å²) in [6.45, 7) is 6.42. The van der Waals surface area contributed by atoms with Gasteiger partial charge >= 0.3 is 0 Å². The first-order valence-electron chi connectivity index (χ1n) is 6.54. The Morgan fingerprint density at radius 3 is 2.45 bits per heavy atom. The Hall–Kier alpha value is -2.36. The van der Waals surface area contributed by atoms with E-state index in [9.17, 15) is 4.79 Å². The molecule has 1 heterocycles. The molecule has 4 nitrogen and oxygen atoms in total. The molecule has 2 N–H and O–H groups in total. The van der Waals surface area contributed by atoms with E-state index in [0.717, 1.165) is 5.69 Å². The van der Waals surface area contributed by atoms with Crippen molar-refractivity contribution in [1.82, 2.24) is 10.4 Å². The molecule has 1 aromatic carbocycles. The fourth-order valence-corrected chi connectivity index (χ4v) is 1.77. The van der Waals surface area contributed by atoms with E-state index in [4.69, 9.17) is 0 Å². The van der Waals surface area contributed by atoms with Gasteiger partial charge in [-0.25, -0.2) is 5.43 Å². The molecule has 104 valence electrons. The van der Waals surface area contributed by atoms with Crippen molar-refractivity contribution < 1.29 is 4.79 Å². The number of benzene rings is 1. The molecule has 2 aromatic rings. The predicted molar refractivity (Wildman–Crippen MR) is 81.0 cm³/mol. The molecule has 0 atom stereocenters. The maximum absolute atomic E-state index is 11.9. The second-order valence-electron chi connectivity index (χ2n) is 5.65. The predicted octanol–water partition coefficient (Wildman–Crippen LogP) is 3.08. The summed E-state index contributed by atoms with van der Waals surface area (Å²) in [4.78, 5) is 14.9. The molecule has 4 heteroatoms. The molecule has 0 aliphatic heterocycles. The lowest BCUT2D eigenvalue weighted by Crippen LogP contribution is -2.18. The summed E-state index contributed by atoms with van der Waals surface area (Å²) in [5.74, 6) is -0.215. The first kappa shape index (κ1) is 14.1. The number of H-pyrrole nitrogens is 1. The Labute approximate surface area is 118 Å². The van der Waals surface area contributed by atoms with Crippen molar-refractivity contribution in [1.29, 1.82) is 0 Å². The number of hydrazone groups is 1. The van der Waals surface area contributed by atoms with E-state index >= 15 is 0 Å². The average Bonchev–Trinajstić information content (AvgIpc) is 2.91. The number of rotatable bonds is 3. The Balaban J connectivity index is 1.99. The molecule has 0 aliphatic carbocycles. The van der Waals surface area contributed by atoms with Crippen LogP contribution in [0.3, 0.4) is 0 Å². The molecule has 0 aliphatic rings. The van der Waals surface area contributed by atoms with Crippen LogP contribution in [-0.4, -0.2) is 17.1 Å². The van der Waals surface area contributed by atoms with Crippen molar-refractivity contribution in [3.8, 4) is 0 Å². The molecule has 0 saturated heterocycles. The standard InChI is InChI=1S/C16H19N3O/c1-16(2,3)13-8-6-12(7-9-13)15(20)19-18-11-14-5-4-10-17-14/h4-11,17H,1-3H3,(H,19,20)/b18-11-. The quantitative estimate of drug-likeness (QED) is 0.653. The second kappa shape index (κ2) is 5.74. The van der Waals surface area contributed by atoms with Crippen LogP contribution in [0.15, 0.2) is 47.7 Å². The highest BCUT2D eigenvalue weighted by molar-refractivity contribution is 5.94. The van der Waals surface area contributed by atoms with Gasteiger partial charge in [0.1, 0.15) is 0 Å². The Kier molecular flexibility index (Phi) is 4.03. The lowest BCUT2D eigenvalue weighted by molar-refractivity contribution is 0.0955. The van der Waals surface area contributed by atoms with Crippen molar-refractivity contribution in [3.05, 3.63) is 59.4 Å². The number of carbonyl (C=O) groups is 1. The summed E-state index contributed by atoms with van der Waals surface area (Å²) in [7, 11) is 0. The van der Waals surface area contributed by atoms with Crippen LogP contribution in [0, 0.1) is 0 Å². The van der Waals surface area contributed by atoms with Gasteiger partial charge < -0.3 is 4.98 Å². The molecule has 0 unspecified atom stereocenters. The van der Waals surface area contributed by atoms with E-state index in [1.807, 2.05) is 36.4 Å². The van der Waals surface area contributed by atoms with Gasteiger partial charge in [0.05, 0.1) is 11.9 Å². The largest absolute Gasteiger partial charge is 0.360 e. The molecule has 1 amide bonds. The van der Waals surface area contributed by atoms with Crippen LogP contribution < -0.4 is 5.43 Å². The summed E-state index contributed by atoms with van der Waals surface area (Å²) in [5.41, 5.74) is 5.23. The molecule has 0 saturated carbocycles. The zero-order valence-electron chi connectivity index (χ0n) is 12.0. The summed E-state index contributed by atoms with van der Waals surface area (Å²) in [6.07, 6.45) is 3.37. The molecular formula is C16H19N3O. The molecule has 1 aromatic heterocycles. The van der Waals surface area contributed by atoms with Crippen molar-refractivity contribution in [2.24, 2.45) is 5.10 Å². The lowest BCUT2D eigenvalue weighted by Gasteiger charge is -2.18. The third-order valence-corrected chi connectivity index (χ3v) is 3.00. The van der Waals surface area contributed by atoms with Crippen LogP contribution in [0.5, 0.6) is 0 Å². The van der Waals surface area contributed by atoms with Gasteiger partial charge in [-0.15, -0.1) is 0 Å².